The fourth-order valence-electron chi connectivity index (χ4n) is 2.21. The van der Waals surface area contributed by atoms with E-state index in [1.807, 2.05) is 0 Å². The van der Waals surface area contributed by atoms with Crippen molar-refractivity contribution in [3.05, 3.63) is 0 Å². The molecular formula is C12H23NO2. The van der Waals surface area contributed by atoms with E-state index in [0.717, 1.165) is 44.9 Å². The lowest BCUT2D eigenvalue weighted by Gasteiger charge is -2.24. The molecule has 88 valence electrons. The Morgan fingerprint density at radius 3 is 2.53 bits per heavy atom. The second-order valence-electron chi connectivity index (χ2n) is 4.53. The standard InChI is InChI=1S/C12H23NO2/c1-2-3-6-9-15-11(14)12(10-13)7-4-5-8-12/h2-10,13H2,1H3. The molecule has 1 saturated carbocycles. The van der Waals surface area contributed by atoms with Crippen LogP contribution in [0.1, 0.15) is 51.9 Å². The summed E-state index contributed by atoms with van der Waals surface area (Å²) in [4.78, 5) is 11.9. The third-order valence-electron chi connectivity index (χ3n) is 3.37. The Kier molecular flexibility index (Phi) is 5.09. The average Bonchev–Trinajstić information content (AvgIpc) is 2.74. The van der Waals surface area contributed by atoms with E-state index in [4.69, 9.17) is 10.5 Å². The van der Waals surface area contributed by atoms with Crippen molar-refractivity contribution in [1.29, 1.82) is 0 Å². The lowest BCUT2D eigenvalue weighted by molar-refractivity contribution is -0.155. The van der Waals surface area contributed by atoms with Crippen molar-refractivity contribution < 1.29 is 9.53 Å². The highest BCUT2D eigenvalue weighted by Crippen LogP contribution is 2.38. The minimum Gasteiger partial charge on any atom is -0.465 e. The Hall–Kier alpha value is -0.570. The highest BCUT2D eigenvalue weighted by Gasteiger charge is 2.41. The summed E-state index contributed by atoms with van der Waals surface area (Å²) >= 11 is 0. The molecular weight excluding hydrogens is 190 g/mol. The number of ether oxygens (including phenoxy) is 1. The van der Waals surface area contributed by atoms with Crippen LogP contribution in [0.15, 0.2) is 0 Å². The third-order valence-corrected chi connectivity index (χ3v) is 3.37. The zero-order chi connectivity index (χ0) is 11.1. The fourth-order valence-corrected chi connectivity index (χ4v) is 2.21. The maximum absolute atomic E-state index is 11.9. The zero-order valence-corrected chi connectivity index (χ0v) is 9.76. The van der Waals surface area contributed by atoms with Gasteiger partial charge < -0.3 is 10.5 Å². The molecule has 0 atom stereocenters. The number of rotatable bonds is 6. The second-order valence-corrected chi connectivity index (χ2v) is 4.53. The van der Waals surface area contributed by atoms with Gasteiger partial charge in [-0.15, -0.1) is 0 Å². The van der Waals surface area contributed by atoms with Gasteiger partial charge >= 0.3 is 5.97 Å². The molecule has 0 radical (unpaired) electrons. The van der Waals surface area contributed by atoms with Crippen molar-refractivity contribution in [3.8, 4) is 0 Å². The number of hydrogen-bond donors (Lipinski definition) is 1. The molecule has 1 aliphatic rings. The molecule has 0 amide bonds. The first-order valence-electron chi connectivity index (χ1n) is 6.12. The van der Waals surface area contributed by atoms with Crippen molar-refractivity contribution in [1.82, 2.24) is 0 Å². The van der Waals surface area contributed by atoms with Crippen LogP contribution in [0.3, 0.4) is 0 Å². The van der Waals surface area contributed by atoms with Crippen molar-refractivity contribution in [2.45, 2.75) is 51.9 Å². The quantitative estimate of drug-likeness (QED) is 0.544. The molecule has 0 unspecified atom stereocenters. The van der Waals surface area contributed by atoms with Crippen LogP contribution in [0.5, 0.6) is 0 Å². The number of carbonyl (C=O) groups is 1. The Morgan fingerprint density at radius 1 is 1.33 bits per heavy atom. The van der Waals surface area contributed by atoms with Gasteiger partial charge in [0.05, 0.1) is 12.0 Å². The molecule has 1 fully saturated rings. The first kappa shape index (κ1) is 12.5. The molecule has 0 aromatic heterocycles. The summed E-state index contributed by atoms with van der Waals surface area (Å²) < 4.78 is 5.30. The van der Waals surface area contributed by atoms with Gasteiger partial charge in [0.25, 0.3) is 0 Å². The molecule has 2 N–H and O–H groups in total. The van der Waals surface area contributed by atoms with Gasteiger partial charge in [-0.25, -0.2) is 0 Å². The smallest absolute Gasteiger partial charge is 0.313 e. The van der Waals surface area contributed by atoms with Gasteiger partial charge in [0.15, 0.2) is 0 Å². The van der Waals surface area contributed by atoms with Crippen molar-refractivity contribution in [2.24, 2.45) is 11.1 Å². The number of nitrogens with two attached hydrogens (primary N) is 1. The minimum atomic E-state index is -0.341. The van der Waals surface area contributed by atoms with Gasteiger partial charge in [0.2, 0.25) is 0 Å². The summed E-state index contributed by atoms with van der Waals surface area (Å²) in [6.07, 6.45) is 7.31. The highest BCUT2D eigenvalue weighted by atomic mass is 16.5. The molecule has 0 bridgehead atoms. The summed E-state index contributed by atoms with van der Waals surface area (Å²) in [5.74, 6) is -0.0568. The van der Waals surface area contributed by atoms with Crippen LogP contribution in [0.2, 0.25) is 0 Å². The maximum Gasteiger partial charge on any atom is 0.313 e. The number of carbonyl (C=O) groups excluding carboxylic acids is 1. The van der Waals surface area contributed by atoms with E-state index in [1.165, 1.54) is 0 Å². The fraction of sp³-hybridized carbons (Fsp3) is 0.917. The van der Waals surface area contributed by atoms with E-state index in [0.29, 0.717) is 13.2 Å². The molecule has 0 aliphatic heterocycles. The Bertz CT molecular complexity index is 198. The molecule has 3 nitrogen and oxygen atoms in total. The van der Waals surface area contributed by atoms with Crippen LogP contribution in [0, 0.1) is 5.41 Å². The molecule has 0 aromatic rings. The molecule has 15 heavy (non-hydrogen) atoms. The van der Waals surface area contributed by atoms with Crippen LogP contribution in [-0.4, -0.2) is 19.1 Å². The van der Waals surface area contributed by atoms with Gasteiger partial charge in [-0.2, -0.15) is 0 Å². The molecule has 0 heterocycles. The van der Waals surface area contributed by atoms with Gasteiger partial charge in [-0.1, -0.05) is 32.6 Å². The summed E-state index contributed by atoms with van der Waals surface area (Å²) in [5, 5.41) is 0. The summed E-state index contributed by atoms with van der Waals surface area (Å²) in [7, 11) is 0. The van der Waals surface area contributed by atoms with Crippen molar-refractivity contribution in [2.75, 3.05) is 13.2 Å². The number of unbranched alkanes of at least 4 members (excludes halogenated alkanes) is 2. The van der Waals surface area contributed by atoms with Gasteiger partial charge in [0, 0.05) is 6.54 Å². The van der Waals surface area contributed by atoms with Crippen LogP contribution < -0.4 is 5.73 Å². The minimum absolute atomic E-state index is 0.0568. The van der Waals surface area contributed by atoms with Gasteiger partial charge in [-0.3, -0.25) is 4.79 Å². The first-order chi connectivity index (χ1) is 7.25. The van der Waals surface area contributed by atoms with Crippen LogP contribution >= 0.6 is 0 Å². The van der Waals surface area contributed by atoms with E-state index in [9.17, 15) is 4.79 Å². The molecule has 1 rings (SSSR count). The van der Waals surface area contributed by atoms with E-state index in [2.05, 4.69) is 6.92 Å². The monoisotopic (exact) mass is 213 g/mol. The van der Waals surface area contributed by atoms with E-state index in [1.54, 1.807) is 0 Å². The Labute approximate surface area is 92.4 Å². The topological polar surface area (TPSA) is 52.3 Å². The zero-order valence-electron chi connectivity index (χ0n) is 9.76. The average molecular weight is 213 g/mol. The Morgan fingerprint density at radius 2 is 2.00 bits per heavy atom. The molecule has 3 heteroatoms. The molecule has 0 aromatic carbocycles. The lowest BCUT2D eigenvalue weighted by atomic mass is 9.86. The molecule has 1 aliphatic carbocycles. The Balaban J connectivity index is 2.31. The van der Waals surface area contributed by atoms with Gasteiger partial charge in [-0.05, 0) is 19.3 Å². The number of hydrogen-bond acceptors (Lipinski definition) is 3. The third kappa shape index (κ3) is 3.20. The van der Waals surface area contributed by atoms with Crippen molar-refractivity contribution >= 4 is 5.97 Å². The highest BCUT2D eigenvalue weighted by molar-refractivity contribution is 5.77. The maximum atomic E-state index is 11.9. The normalized spacial score (nSPS) is 19.1. The second kappa shape index (κ2) is 6.11. The molecule has 0 spiro atoms. The van der Waals surface area contributed by atoms with Gasteiger partial charge in [0.1, 0.15) is 0 Å². The summed E-state index contributed by atoms with van der Waals surface area (Å²) in [5.41, 5.74) is 5.36. The predicted molar refractivity (Wildman–Crippen MR) is 60.4 cm³/mol. The molecule has 0 saturated heterocycles. The van der Waals surface area contributed by atoms with Crippen LogP contribution in [0.25, 0.3) is 0 Å². The van der Waals surface area contributed by atoms with E-state index < -0.39 is 0 Å². The predicted octanol–water partition coefficient (Wildman–Crippen LogP) is 2.24. The van der Waals surface area contributed by atoms with Crippen molar-refractivity contribution in [3.63, 3.8) is 0 Å². The van der Waals surface area contributed by atoms with E-state index >= 15 is 0 Å². The summed E-state index contributed by atoms with van der Waals surface area (Å²) in [6.45, 7) is 3.15. The lowest BCUT2D eigenvalue weighted by Crippen LogP contribution is -2.37. The van der Waals surface area contributed by atoms with E-state index in [-0.39, 0.29) is 11.4 Å². The SMILES string of the molecule is CCCCCOC(=O)C1(CN)CCCC1. The number of esters is 1. The van der Waals surface area contributed by atoms with Crippen LogP contribution in [0.4, 0.5) is 0 Å². The van der Waals surface area contributed by atoms with Crippen LogP contribution in [-0.2, 0) is 9.53 Å². The summed E-state index contributed by atoms with van der Waals surface area (Å²) in [6, 6.07) is 0. The first-order valence-corrected chi connectivity index (χ1v) is 6.12. The largest absolute Gasteiger partial charge is 0.465 e.